The minimum Gasteiger partial charge on any atom is -0.393 e. The molecule has 0 saturated carbocycles. The molecule has 1 N–H and O–H groups in total. The summed E-state index contributed by atoms with van der Waals surface area (Å²) in [5.41, 5.74) is 2.05. The van der Waals surface area contributed by atoms with Gasteiger partial charge in [0.15, 0.2) is 0 Å². The average Bonchev–Trinajstić information content (AvgIpc) is 2.80. The Bertz CT molecular complexity index is 1100. The van der Waals surface area contributed by atoms with Crippen LogP contribution >= 0.6 is 0 Å². The van der Waals surface area contributed by atoms with Gasteiger partial charge in [-0.3, -0.25) is 14.7 Å². The van der Waals surface area contributed by atoms with Crippen LogP contribution in [0.2, 0.25) is 0 Å². The molecule has 0 spiro atoms. The van der Waals surface area contributed by atoms with E-state index in [0.717, 1.165) is 69.5 Å². The molecule has 1 aromatic carbocycles. The second-order valence-corrected chi connectivity index (χ2v) is 8.77. The predicted molar refractivity (Wildman–Crippen MR) is 121 cm³/mol. The van der Waals surface area contributed by atoms with Crippen LogP contribution in [-0.2, 0) is 6.54 Å². The number of aliphatic hydroxyl groups is 1. The molecule has 1 atom stereocenters. The molecule has 0 radical (unpaired) electrons. The first-order valence-electron chi connectivity index (χ1n) is 11.2. The fourth-order valence-corrected chi connectivity index (χ4v) is 4.90. The first-order chi connectivity index (χ1) is 15.2. The summed E-state index contributed by atoms with van der Waals surface area (Å²) < 4.78 is 1.66. The van der Waals surface area contributed by atoms with E-state index in [0.29, 0.717) is 0 Å². The minimum atomic E-state index is -0.227. The van der Waals surface area contributed by atoms with Crippen molar-refractivity contribution in [2.24, 2.45) is 0 Å². The number of nitrogens with zero attached hydrogens (tertiary/aromatic N) is 5. The first kappa shape index (κ1) is 20.2. The first-order valence-corrected chi connectivity index (χ1v) is 11.2. The Hall–Kier alpha value is -2.77. The van der Waals surface area contributed by atoms with Crippen LogP contribution in [-0.4, -0.2) is 57.1 Å². The van der Waals surface area contributed by atoms with Crippen molar-refractivity contribution in [1.29, 1.82) is 0 Å². The molecule has 31 heavy (non-hydrogen) atoms. The smallest absolute Gasteiger partial charge is 0.269 e. The molecule has 0 bridgehead atoms. The normalized spacial score (nSPS) is 20.9. The van der Waals surface area contributed by atoms with Gasteiger partial charge in [-0.1, -0.05) is 24.3 Å². The maximum Gasteiger partial charge on any atom is 0.269 e. The fourth-order valence-electron chi connectivity index (χ4n) is 4.90. The van der Waals surface area contributed by atoms with Gasteiger partial charge in [0.25, 0.3) is 5.56 Å². The van der Waals surface area contributed by atoms with Crippen molar-refractivity contribution in [2.75, 3.05) is 31.1 Å². The quantitative estimate of drug-likeness (QED) is 0.701. The zero-order chi connectivity index (χ0) is 21.2. The maximum atomic E-state index is 12.9. The number of benzene rings is 1. The molecular weight excluding hydrogens is 390 g/mol. The van der Waals surface area contributed by atoms with Crippen molar-refractivity contribution >= 4 is 16.5 Å². The molecule has 1 unspecified atom stereocenters. The van der Waals surface area contributed by atoms with Crippen LogP contribution < -0.4 is 10.5 Å². The standard InChI is InChI=1S/C24H29N5O2/c30-22-7-10-28(11-8-22)21-12-24(31)29(26-15-21)20-5-3-9-27(17-20)16-19-14-25-13-18-4-1-2-6-23(18)19/h1-2,4,6,12-15,20,22,30H,3,5,7-11,16-17H2. The van der Waals surface area contributed by atoms with Crippen molar-refractivity contribution in [3.63, 3.8) is 0 Å². The number of hydrogen-bond acceptors (Lipinski definition) is 6. The monoisotopic (exact) mass is 419 g/mol. The van der Waals surface area contributed by atoms with Crippen molar-refractivity contribution in [1.82, 2.24) is 19.7 Å². The highest BCUT2D eigenvalue weighted by Gasteiger charge is 2.24. The van der Waals surface area contributed by atoms with E-state index in [1.807, 2.05) is 24.7 Å². The highest BCUT2D eigenvalue weighted by Crippen LogP contribution is 2.25. The number of aromatic nitrogens is 3. The molecule has 7 nitrogen and oxygen atoms in total. The largest absolute Gasteiger partial charge is 0.393 e. The molecule has 2 saturated heterocycles. The van der Waals surface area contributed by atoms with Crippen LogP contribution in [0, 0.1) is 0 Å². The van der Waals surface area contributed by atoms with Crippen LogP contribution in [0.1, 0.15) is 37.3 Å². The fraction of sp³-hybridized carbons (Fsp3) is 0.458. The SMILES string of the molecule is O=c1cc(N2CCC(O)CC2)cnn1C1CCCN(Cc2cncc3ccccc23)C1. The molecule has 2 aliphatic rings. The number of aliphatic hydroxyl groups excluding tert-OH is 1. The predicted octanol–water partition coefficient (Wildman–Crippen LogP) is 2.59. The van der Waals surface area contributed by atoms with Gasteiger partial charge < -0.3 is 10.0 Å². The van der Waals surface area contributed by atoms with Gasteiger partial charge in [0.2, 0.25) is 0 Å². The lowest BCUT2D eigenvalue weighted by molar-refractivity contribution is 0.145. The molecule has 4 heterocycles. The highest BCUT2D eigenvalue weighted by atomic mass is 16.3. The van der Waals surface area contributed by atoms with Crippen LogP contribution in [0.15, 0.2) is 53.7 Å². The van der Waals surface area contributed by atoms with Crippen molar-refractivity contribution in [3.05, 3.63) is 64.8 Å². The van der Waals surface area contributed by atoms with Crippen molar-refractivity contribution < 1.29 is 5.11 Å². The van der Waals surface area contributed by atoms with Gasteiger partial charge in [-0.25, -0.2) is 4.68 Å². The lowest BCUT2D eigenvalue weighted by atomic mass is 10.0. The summed E-state index contributed by atoms with van der Waals surface area (Å²) in [5.74, 6) is 0. The van der Waals surface area contributed by atoms with Gasteiger partial charge in [-0.15, -0.1) is 0 Å². The Balaban J connectivity index is 1.30. The molecule has 2 fully saturated rings. The summed E-state index contributed by atoms with van der Waals surface area (Å²) in [5, 5.41) is 16.7. The second kappa shape index (κ2) is 8.77. The Morgan fingerprint density at radius 1 is 1.03 bits per heavy atom. The molecule has 0 aliphatic carbocycles. The third-order valence-electron chi connectivity index (χ3n) is 6.61. The van der Waals surface area contributed by atoms with Gasteiger partial charge in [0.05, 0.1) is 24.0 Å². The van der Waals surface area contributed by atoms with E-state index in [2.05, 4.69) is 38.1 Å². The van der Waals surface area contributed by atoms with Gasteiger partial charge in [-0.05, 0) is 43.2 Å². The summed E-state index contributed by atoms with van der Waals surface area (Å²) >= 11 is 0. The summed E-state index contributed by atoms with van der Waals surface area (Å²) in [7, 11) is 0. The molecule has 2 aromatic heterocycles. The lowest BCUT2D eigenvalue weighted by Gasteiger charge is -2.34. The number of rotatable bonds is 4. The Morgan fingerprint density at radius 3 is 2.71 bits per heavy atom. The van der Waals surface area contributed by atoms with E-state index >= 15 is 0 Å². The zero-order valence-corrected chi connectivity index (χ0v) is 17.7. The van der Waals surface area contributed by atoms with Crippen LogP contribution in [0.5, 0.6) is 0 Å². The molecule has 162 valence electrons. The van der Waals surface area contributed by atoms with E-state index in [1.54, 1.807) is 10.7 Å². The van der Waals surface area contributed by atoms with Crippen LogP contribution in [0.3, 0.4) is 0 Å². The number of pyridine rings is 1. The molecule has 2 aliphatic heterocycles. The number of hydrogen-bond donors (Lipinski definition) is 1. The third kappa shape index (κ3) is 4.34. The van der Waals surface area contributed by atoms with Crippen molar-refractivity contribution in [3.8, 4) is 0 Å². The summed E-state index contributed by atoms with van der Waals surface area (Å²) in [6, 6.07) is 10.1. The molecular formula is C24H29N5O2. The molecule has 7 heteroatoms. The minimum absolute atomic E-state index is 0.0395. The topological polar surface area (TPSA) is 74.5 Å². The average molecular weight is 420 g/mol. The van der Waals surface area contributed by atoms with Gasteiger partial charge in [0.1, 0.15) is 0 Å². The Kier molecular flexibility index (Phi) is 5.70. The lowest BCUT2D eigenvalue weighted by Crippen LogP contribution is -2.41. The number of piperidine rings is 2. The second-order valence-electron chi connectivity index (χ2n) is 8.77. The number of likely N-dealkylation sites (tertiary alicyclic amines) is 1. The highest BCUT2D eigenvalue weighted by molar-refractivity contribution is 5.84. The molecule has 0 amide bonds. The van der Waals surface area contributed by atoms with E-state index < -0.39 is 0 Å². The molecule has 3 aromatic rings. The van der Waals surface area contributed by atoms with Crippen molar-refractivity contribution in [2.45, 2.75) is 44.4 Å². The number of fused-ring (bicyclic) bond motifs is 1. The maximum absolute atomic E-state index is 12.9. The summed E-state index contributed by atoms with van der Waals surface area (Å²) in [6.07, 6.45) is 8.94. The Labute approximate surface area is 181 Å². The van der Waals surface area contributed by atoms with E-state index in [1.165, 1.54) is 10.9 Å². The number of anilines is 1. The summed E-state index contributed by atoms with van der Waals surface area (Å²) in [4.78, 5) is 21.8. The van der Waals surface area contributed by atoms with Crippen LogP contribution in [0.25, 0.3) is 10.8 Å². The van der Waals surface area contributed by atoms with Gasteiger partial charge in [0, 0.05) is 50.0 Å². The van der Waals surface area contributed by atoms with E-state index in [4.69, 9.17) is 0 Å². The molecule has 5 rings (SSSR count). The summed E-state index contributed by atoms with van der Waals surface area (Å²) in [6.45, 7) is 4.19. The Morgan fingerprint density at radius 2 is 1.87 bits per heavy atom. The van der Waals surface area contributed by atoms with Gasteiger partial charge >= 0.3 is 0 Å². The van der Waals surface area contributed by atoms with E-state index in [-0.39, 0.29) is 17.7 Å². The zero-order valence-electron chi connectivity index (χ0n) is 17.7. The third-order valence-corrected chi connectivity index (χ3v) is 6.61. The van der Waals surface area contributed by atoms with E-state index in [9.17, 15) is 9.90 Å². The van der Waals surface area contributed by atoms with Crippen LogP contribution in [0.4, 0.5) is 5.69 Å². The van der Waals surface area contributed by atoms with Gasteiger partial charge in [-0.2, -0.15) is 5.10 Å².